The standard InChI is InChI=1S/C30H28FN5O3.C5H8O.2C2H6/c1-19(2)4-10-23-17-35-18-25(12-15-28(35)33-23)39-24-11-14-27(32-16-24)34-30(37)26-13-5-20(3)29(36(26)38)21-6-8-22(31)9-7-21;1-4(6)5-2-3-5;2*1-2/h5-9,11-19H,4,10H2,1-3H3,(H-,32,34,37,38);5H,2-3H2,1H3;2*1-2H3/p+1. The lowest BCUT2D eigenvalue weighted by Gasteiger charge is -2.08. The minimum atomic E-state index is -0.555. The maximum Gasteiger partial charge on any atom is 0.326 e. The summed E-state index contributed by atoms with van der Waals surface area (Å²) >= 11 is 0. The number of fused-ring (bicyclic) bond motifs is 1. The monoisotopic (exact) mass is 670 g/mol. The van der Waals surface area contributed by atoms with E-state index < -0.39 is 5.91 Å². The van der Waals surface area contributed by atoms with Gasteiger partial charge in [0.15, 0.2) is 0 Å². The highest BCUT2D eigenvalue weighted by Crippen LogP contribution is 2.29. The zero-order chi connectivity index (χ0) is 36.1. The average Bonchev–Trinajstić information content (AvgIpc) is 3.88. The number of carbonyl (C=O) groups excluding carboxylic acids is 2. The predicted octanol–water partition coefficient (Wildman–Crippen LogP) is 9.04. The summed E-state index contributed by atoms with van der Waals surface area (Å²) in [5.74, 6) is 1.93. The molecule has 1 fully saturated rings. The number of Topliss-reactive ketones (excluding diaryl/α,β-unsaturated/α-hetero) is 1. The predicted molar refractivity (Wildman–Crippen MR) is 191 cm³/mol. The van der Waals surface area contributed by atoms with Crippen molar-refractivity contribution >= 4 is 23.2 Å². The topological polar surface area (TPSA) is 110 Å². The van der Waals surface area contributed by atoms with Crippen LogP contribution < -0.4 is 14.8 Å². The first-order valence-electron chi connectivity index (χ1n) is 17.0. The molecule has 49 heavy (non-hydrogen) atoms. The molecule has 1 amide bonds. The van der Waals surface area contributed by atoms with Crippen LogP contribution in [0.25, 0.3) is 16.9 Å². The summed E-state index contributed by atoms with van der Waals surface area (Å²) in [6.07, 6.45) is 9.70. The molecule has 0 aliphatic heterocycles. The zero-order valence-corrected chi connectivity index (χ0v) is 29.8. The van der Waals surface area contributed by atoms with Crippen molar-refractivity contribution in [3.63, 3.8) is 0 Å². The summed E-state index contributed by atoms with van der Waals surface area (Å²) in [5.41, 5.74) is 3.60. The van der Waals surface area contributed by atoms with Crippen molar-refractivity contribution in [2.24, 2.45) is 11.8 Å². The summed E-state index contributed by atoms with van der Waals surface area (Å²) in [6, 6.07) is 16.0. The van der Waals surface area contributed by atoms with Gasteiger partial charge in [0.25, 0.3) is 5.69 Å². The smallest absolute Gasteiger partial charge is 0.326 e. The van der Waals surface area contributed by atoms with Crippen molar-refractivity contribution in [2.45, 2.75) is 81.1 Å². The summed E-state index contributed by atoms with van der Waals surface area (Å²) in [4.78, 5) is 32.1. The highest BCUT2D eigenvalue weighted by atomic mass is 19.1. The number of aromatic nitrogens is 4. The van der Waals surface area contributed by atoms with E-state index in [4.69, 9.17) is 4.74 Å². The molecule has 4 heterocycles. The van der Waals surface area contributed by atoms with Gasteiger partial charge in [0.1, 0.15) is 34.6 Å². The van der Waals surface area contributed by atoms with Crippen LogP contribution in [-0.4, -0.2) is 31.3 Å². The van der Waals surface area contributed by atoms with Gasteiger partial charge in [-0.1, -0.05) is 41.5 Å². The summed E-state index contributed by atoms with van der Waals surface area (Å²) in [7, 11) is 0. The average molecular weight is 671 g/mol. The van der Waals surface area contributed by atoms with Crippen LogP contribution in [0.1, 0.15) is 89.5 Å². The second-order valence-corrected chi connectivity index (χ2v) is 11.7. The molecule has 0 saturated heterocycles. The van der Waals surface area contributed by atoms with Gasteiger partial charge < -0.3 is 14.5 Å². The number of halogens is 1. The van der Waals surface area contributed by atoms with Gasteiger partial charge in [-0.2, -0.15) is 0 Å². The molecule has 0 unspecified atom stereocenters. The van der Waals surface area contributed by atoms with Crippen LogP contribution in [0.5, 0.6) is 11.5 Å². The first-order chi connectivity index (χ1) is 23.6. The molecular formula is C39H49FN5O4+. The molecule has 0 bridgehead atoms. The molecule has 1 saturated carbocycles. The Hall–Kier alpha value is -5.12. The number of ketones is 1. The molecule has 1 aromatic carbocycles. The fourth-order valence-corrected chi connectivity index (χ4v) is 4.73. The van der Waals surface area contributed by atoms with E-state index in [0.717, 1.165) is 47.3 Å². The number of nitrogens with zero attached hydrogens (tertiary/aromatic N) is 4. The number of nitrogens with one attached hydrogen (secondary N) is 1. The maximum atomic E-state index is 13.4. The van der Waals surface area contributed by atoms with Crippen LogP contribution in [0.2, 0.25) is 0 Å². The minimum absolute atomic E-state index is 0.00319. The molecule has 9 nitrogen and oxygen atoms in total. The van der Waals surface area contributed by atoms with Gasteiger partial charge in [-0.3, -0.25) is 14.8 Å². The normalized spacial score (nSPS) is 11.7. The van der Waals surface area contributed by atoms with Crippen molar-refractivity contribution < 1.29 is 28.7 Å². The lowest BCUT2D eigenvalue weighted by atomic mass is 10.1. The van der Waals surface area contributed by atoms with Crippen LogP contribution in [0.3, 0.4) is 0 Å². The van der Waals surface area contributed by atoms with Crippen LogP contribution in [0, 0.1) is 24.6 Å². The van der Waals surface area contributed by atoms with Gasteiger partial charge in [-0.05, 0) is 100 Å². The van der Waals surface area contributed by atoms with Gasteiger partial charge in [-0.15, -0.1) is 0 Å². The Balaban J connectivity index is 0.000000571. The maximum absolute atomic E-state index is 13.4. The number of ether oxygens (including phenoxy) is 1. The number of rotatable bonds is 9. The van der Waals surface area contributed by atoms with Crippen LogP contribution in [0.4, 0.5) is 10.2 Å². The first-order valence-corrected chi connectivity index (χ1v) is 17.0. The van der Waals surface area contributed by atoms with Crippen molar-refractivity contribution in [2.75, 3.05) is 5.32 Å². The molecule has 4 aromatic heterocycles. The van der Waals surface area contributed by atoms with E-state index in [0.29, 0.717) is 40.4 Å². The molecular weight excluding hydrogens is 621 g/mol. The summed E-state index contributed by atoms with van der Waals surface area (Å²) in [6.45, 7) is 15.9. The van der Waals surface area contributed by atoms with E-state index in [1.54, 1.807) is 44.2 Å². The number of amides is 1. The number of aryl methyl sites for hydroxylation is 2. The molecule has 1 aliphatic rings. The minimum Gasteiger partial charge on any atom is -0.454 e. The molecule has 0 spiro atoms. The third-order valence-electron chi connectivity index (χ3n) is 7.47. The molecule has 6 rings (SSSR count). The number of pyridine rings is 3. The van der Waals surface area contributed by atoms with Crippen molar-refractivity contribution in [3.8, 4) is 22.8 Å². The van der Waals surface area contributed by atoms with E-state index >= 15 is 0 Å². The van der Waals surface area contributed by atoms with Crippen LogP contribution >= 0.6 is 0 Å². The summed E-state index contributed by atoms with van der Waals surface area (Å²) in [5, 5.41) is 13.5. The largest absolute Gasteiger partial charge is 0.454 e. The van der Waals surface area contributed by atoms with E-state index in [1.807, 2.05) is 56.6 Å². The highest BCUT2D eigenvalue weighted by molar-refractivity contribution is 6.01. The van der Waals surface area contributed by atoms with Gasteiger partial charge in [0.05, 0.1) is 23.7 Å². The Bertz CT molecular complexity index is 1810. The Labute approximate surface area is 288 Å². The van der Waals surface area contributed by atoms with Crippen molar-refractivity contribution in [1.82, 2.24) is 14.4 Å². The first kappa shape index (κ1) is 38.3. The van der Waals surface area contributed by atoms with Gasteiger partial charge >= 0.3 is 11.6 Å². The van der Waals surface area contributed by atoms with Gasteiger partial charge in [0, 0.05) is 28.5 Å². The molecule has 260 valence electrons. The molecule has 1 aliphatic carbocycles. The Morgan fingerprint density at radius 3 is 2.22 bits per heavy atom. The second-order valence-electron chi connectivity index (χ2n) is 11.7. The number of imidazole rings is 1. The third kappa shape index (κ3) is 11.0. The number of hydrogen-bond donors (Lipinski definition) is 2. The second kappa shape index (κ2) is 18.4. The van der Waals surface area contributed by atoms with Gasteiger partial charge in [-0.25, -0.2) is 14.4 Å². The molecule has 0 atom stereocenters. The fourth-order valence-electron chi connectivity index (χ4n) is 4.73. The zero-order valence-electron chi connectivity index (χ0n) is 29.8. The fraction of sp³-hybridized carbons (Fsp3) is 0.359. The highest BCUT2D eigenvalue weighted by Gasteiger charge is 2.27. The number of hydrogen-bond acceptors (Lipinski definition) is 6. The van der Waals surface area contributed by atoms with E-state index in [1.165, 1.54) is 24.4 Å². The lowest BCUT2D eigenvalue weighted by molar-refractivity contribution is -0.897. The van der Waals surface area contributed by atoms with E-state index in [-0.39, 0.29) is 17.3 Å². The Kier molecular flexibility index (Phi) is 14.4. The number of benzene rings is 1. The van der Waals surface area contributed by atoms with E-state index in [2.05, 4.69) is 29.1 Å². The third-order valence-corrected chi connectivity index (χ3v) is 7.47. The van der Waals surface area contributed by atoms with E-state index in [9.17, 15) is 19.2 Å². The Morgan fingerprint density at radius 2 is 1.65 bits per heavy atom. The molecule has 0 radical (unpaired) electrons. The van der Waals surface area contributed by atoms with Crippen LogP contribution in [-0.2, 0) is 11.2 Å². The van der Waals surface area contributed by atoms with Crippen molar-refractivity contribution in [1.29, 1.82) is 0 Å². The van der Waals surface area contributed by atoms with Crippen molar-refractivity contribution in [3.05, 3.63) is 102 Å². The van der Waals surface area contributed by atoms with Crippen LogP contribution in [0.15, 0.2) is 79.3 Å². The molecule has 10 heteroatoms. The SMILES string of the molecule is CC.CC.CC(=O)C1CC1.Cc1ccc(C(=O)Nc2ccc(Oc3ccc4nc(CCC(C)C)cn4c3)cn2)[n+](O)c1-c1ccc(F)cc1. The molecule has 2 N–H and O–H groups in total. The molecule has 5 aromatic rings. The Morgan fingerprint density at radius 1 is 0.980 bits per heavy atom. The number of carbonyl (C=O) groups is 2. The quantitative estimate of drug-likeness (QED) is 0.120. The lowest BCUT2D eigenvalue weighted by Crippen LogP contribution is -2.42. The van der Waals surface area contributed by atoms with Gasteiger partial charge in [0.2, 0.25) is 0 Å². The number of anilines is 1. The summed E-state index contributed by atoms with van der Waals surface area (Å²) < 4.78 is 22.1.